The summed E-state index contributed by atoms with van der Waals surface area (Å²) in [5.74, 6) is -0.249. The van der Waals surface area contributed by atoms with Crippen LogP contribution in [0.5, 0.6) is 0 Å². The number of methoxy groups -OCH3 is 1. The van der Waals surface area contributed by atoms with Gasteiger partial charge in [-0.25, -0.2) is 4.79 Å². The first-order valence-corrected chi connectivity index (χ1v) is 8.59. The normalized spacial score (nSPS) is 19.2. The smallest absolute Gasteiger partial charge is 0.321 e. The van der Waals surface area contributed by atoms with Crippen molar-refractivity contribution in [2.75, 3.05) is 26.8 Å². The Morgan fingerprint density at radius 2 is 2.04 bits per heavy atom. The third-order valence-electron chi connectivity index (χ3n) is 4.69. The minimum atomic E-state index is -0.459. The van der Waals surface area contributed by atoms with E-state index in [-0.39, 0.29) is 18.5 Å². The maximum atomic E-state index is 12.3. The summed E-state index contributed by atoms with van der Waals surface area (Å²) in [6, 6.07) is 8.76. The highest BCUT2D eigenvalue weighted by Crippen LogP contribution is 2.41. The highest BCUT2D eigenvalue weighted by Gasteiger charge is 2.38. The van der Waals surface area contributed by atoms with E-state index in [0.29, 0.717) is 19.2 Å². The van der Waals surface area contributed by atoms with Gasteiger partial charge in [-0.3, -0.25) is 15.0 Å². The summed E-state index contributed by atoms with van der Waals surface area (Å²) in [7, 11) is 1.57. The Labute approximate surface area is 142 Å². The van der Waals surface area contributed by atoms with E-state index in [1.165, 1.54) is 11.1 Å². The Balaban J connectivity index is 1.57. The van der Waals surface area contributed by atoms with Crippen LogP contribution in [0.2, 0.25) is 0 Å². The van der Waals surface area contributed by atoms with Gasteiger partial charge >= 0.3 is 6.03 Å². The van der Waals surface area contributed by atoms with Crippen LogP contribution in [-0.2, 0) is 16.0 Å². The second kappa shape index (κ2) is 7.77. The average molecular weight is 331 g/mol. The molecule has 0 saturated heterocycles. The molecule has 1 aromatic carbocycles. The predicted molar refractivity (Wildman–Crippen MR) is 90.6 cm³/mol. The number of hydrogen-bond acceptors (Lipinski definition) is 4. The lowest BCUT2D eigenvalue weighted by atomic mass is 10.1. The van der Waals surface area contributed by atoms with Gasteiger partial charge in [-0.2, -0.15) is 0 Å². The number of amides is 3. The van der Waals surface area contributed by atoms with Crippen molar-refractivity contribution in [3.8, 4) is 0 Å². The molecule has 2 aliphatic carbocycles. The summed E-state index contributed by atoms with van der Waals surface area (Å²) < 4.78 is 4.87. The fourth-order valence-electron chi connectivity index (χ4n) is 3.42. The third-order valence-corrected chi connectivity index (χ3v) is 4.69. The minimum absolute atomic E-state index is 0.249. The van der Waals surface area contributed by atoms with Gasteiger partial charge in [-0.1, -0.05) is 24.3 Å². The molecule has 1 saturated carbocycles. The number of fused-ring (bicyclic) bond motifs is 1. The third kappa shape index (κ3) is 4.13. The maximum Gasteiger partial charge on any atom is 0.321 e. The fraction of sp³-hybridized carbons (Fsp3) is 0.556. The molecule has 1 fully saturated rings. The fourth-order valence-corrected chi connectivity index (χ4v) is 3.42. The van der Waals surface area contributed by atoms with Crippen molar-refractivity contribution in [1.29, 1.82) is 0 Å². The van der Waals surface area contributed by atoms with Crippen LogP contribution in [0.1, 0.15) is 36.4 Å². The Morgan fingerprint density at radius 3 is 2.79 bits per heavy atom. The molecule has 3 rings (SSSR count). The second-order valence-corrected chi connectivity index (χ2v) is 6.45. The number of rotatable bonds is 7. The highest BCUT2D eigenvalue weighted by atomic mass is 16.5. The Hall–Kier alpha value is -1.92. The molecule has 0 aromatic heterocycles. The number of aryl methyl sites for hydroxylation is 1. The van der Waals surface area contributed by atoms with Crippen LogP contribution >= 0.6 is 0 Å². The van der Waals surface area contributed by atoms with Crippen LogP contribution in [0, 0.1) is 0 Å². The zero-order chi connectivity index (χ0) is 16.9. The monoisotopic (exact) mass is 331 g/mol. The summed E-state index contributed by atoms with van der Waals surface area (Å²) in [4.78, 5) is 26.2. The molecule has 24 heavy (non-hydrogen) atoms. The molecular formula is C18H25N3O3. The zero-order valence-electron chi connectivity index (χ0n) is 14.1. The minimum Gasteiger partial charge on any atom is -0.383 e. The lowest BCUT2D eigenvalue weighted by molar-refractivity contribution is -0.122. The van der Waals surface area contributed by atoms with Crippen molar-refractivity contribution >= 4 is 11.9 Å². The standard InChI is InChI=1S/C18H25N3O3/c1-24-11-10-19-18(23)20-17(22)12-21(14-7-8-14)16-9-6-13-4-2-3-5-15(13)16/h2-5,14,16H,6-12H2,1H3,(H2,19,20,22,23)/t16-/m1/s1. The van der Waals surface area contributed by atoms with Crippen LogP contribution < -0.4 is 10.6 Å². The lowest BCUT2D eigenvalue weighted by Crippen LogP contribution is -2.46. The van der Waals surface area contributed by atoms with E-state index in [9.17, 15) is 9.59 Å². The maximum absolute atomic E-state index is 12.3. The van der Waals surface area contributed by atoms with E-state index >= 15 is 0 Å². The van der Waals surface area contributed by atoms with E-state index in [1.54, 1.807) is 7.11 Å². The van der Waals surface area contributed by atoms with Gasteiger partial charge in [0.2, 0.25) is 5.91 Å². The van der Waals surface area contributed by atoms with Gasteiger partial charge < -0.3 is 10.1 Å². The number of carbonyl (C=O) groups is 2. The van der Waals surface area contributed by atoms with Gasteiger partial charge in [-0.05, 0) is 36.8 Å². The average Bonchev–Trinajstić information content (AvgIpc) is 3.32. The first kappa shape index (κ1) is 16.9. The van der Waals surface area contributed by atoms with Crippen molar-refractivity contribution in [3.05, 3.63) is 35.4 Å². The van der Waals surface area contributed by atoms with Crippen LogP contribution in [0.25, 0.3) is 0 Å². The molecule has 2 N–H and O–H groups in total. The summed E-state index contributed by atoms with van der Waals surface area (Å²) in [6.07, 6.45) is 4.37. The van der Waals surface area contributed by atoms with E-state index in [0.717, 1.165) is 25.7 Å². The predicted octanol–water partition coefficient (Wildman–Crippen LogP) is 1.61. The van der Waals surface area contributed by atoms with Crippen molar-refractivity contribution in [1.82, 2.24) is 15.5 Å². The first-order valence-electron chi connectivity index (χ1n) is 8.59. The number of ether oxygens (including phenoxy) is 1. The summed E-state index contributed by atoms with van der Waals surface area (Å²) >= 11 is 0. The van der Waals surface area contributed by atoms with Gasteiger partial charge in [-0.15, -0.1) is 0 Å². The van der Waals surface area contributed by atoms with E-state index in [4.69, 9.17) is 4.74 Å². The topological polar surface area (TPSA) is 70.7 Å². The summed E-state index contributed by atoms with van der Waals surface area (Å²) in [5.41, 5.74) is 2.72. The summed E-state index contributed by atoms with van der Waals surface area (Å²) in [6.45, 7) is 1.08. The number of nitrogens with one attached hydrogen (secondary N) is 2. The van der Waals surface area contributed by atoms with Gasteiger partial charge in [0.25, 0.3) is 0 Å². The van der Waals surface area contributed by atoms with Crippen molar-refractivity contribution in [2.24, 2.45) is 0 Å². The Kier molecular flexibility index (Phi) is 5.48. The molecule has 3 amide bonds. The van der Waals surface area contributed by atoms with Crippen LogP contribution in [0.15, 0.2) is 24.3 Å². The molecule has 0 aliphatic heterocycles. The van der Waals surface area contributed by atoms with Gasteiger partial charge in [0.1, 0.15) is 0 Å². The van der Waals surface area contributed by atoms with E-state index in [2.05, 4.69) is 39.8 Å². The molecule has 130 valence electrons. The zero-order valence-corrected chi connectivity index (χ0v) is 14.1. The molecule has 0 unspecified atom stereocenters. The van der Waals surface area contributed by atoms with Crippen molar-refractivity contribution < 1.29 is 14.3 Å². The number of benzene rings is 1. The SMILES string of the molecule is COCCNC(=O)NC(=O)CN(C1CC1)[C@@H]1CCc2ccccc21. The molecule has 0 spiro atoms. The lowest BCUT2D eigenvalue weighted by Gasteiger charge is -2.29. The second-order valence-electron chi connectivity index (χ2n) is 6.45. The molecule has 0 bridgehead atoms. The van der Waals surface area contributed by atoms with Crippen LogP contribution in [0.4, 0.5) is 4.79 Å². The highest BCUT2D eigenvalue weighted by molar-refractivity contribution is 5.95. The number of imide groups is 1. The molecule has 1 atom stereocenters. The van der Waals surface area contributed by atoms with Crippen LogP contribution in [0.3, 0.4) is 0 Å². The summed E-state index contributed by atoms with van der Waals surface area (Å²) in [5, 5.41) is 5.02. The quantitative estimate of drug-likeness (QED) is 0.745. The van der Waals surface area contributed by atoms with Crippen molar-refractivity contribution in [3.63, 3.8) is 0 Å². The molecule has 0 heterocycles. The molecule has 6 nitrogen and oxygen atoms in total. The number of carbonyl (C=O) groups excluding carboxylic acids is 2. The van der Waals surface area contributed by atoms with Crippen molar-refractivity contribution in [2.45, 2.75) is 37.8 Å². The molecule has 0 radical (unpaired) electrons. The Bertz CT molecular complexity index is 601. The first-order chi connectivity index (χ1) is 11.7. The van der Waals surface area contributed by atoms with E-state index in [1.807, 2.05) is 0 Å². The van der Waals surface area contributed by atoms with Gasteiger partial charge in [0.05, 0.1) is 13.2 Å². The molecular weight excluding hydrogens is 306 g/mol. The largest absolute Gasteiger partial charge is 0.383 e. The molecule has 2 aliphatic rings. The number of nitrogens with zero attached hydrogens (tertiary/aromatic N) is 1. The van der Waals surface area contributed by atoms with Gasteiger partial charge in [0, 0.05) is 25.7 Å². The van der Waals surface area contributed by atoms with Gasteiger partial charge in [0.15, 0.2) is 0 Å². The number of urea groups is 1. The van der Waals surface area contributed by atoms with E-state index < -0.39 is 6.03 Å². The molecule has 1 aromatic rings. The van der Waals surface area contributed by atoms with Crippen LogP contribution in [-0.4, -0.2) is 49.7 Å². The number of hydrogen-bond donors (Lipinski definition) is 2. The Morgan fingerprint density at radius 1 is 1.25 bits per heavy atom. The molecule has 6 heteroatoms.